The Morgan fingerprint density at radius 2 is 1.88 bits per heavy atom. The standard InChI is InChI=1S/C14H15BrOS/c1-2-14(16,11-6-4-3-5-7-11)10-12-8-9-13(15)17-12/h3-9,16H,2,10H2,1H3. The number of rotatable bonds is 4. The van der Waals surface area contributed by atoms with Crippen LogP contribution in [0, 0.1) is 0 Å². The first-order chi connectivity index (χ1) is 8.14. The maximum absolute atomic E-state index is 10.7. The highest BCUT2D eigenvalue weighted by Crippen LogP contribution is 2.32. The summed E-state index contributed by atoms with van der Waals surface area (Å²) in [6.07, 6.45) is 1.39. The summed E-state index contributed by atoms with van der Waals surface area (Å²) in [7, 11) is 0. The largest absolute Gasteiger partial charge is 0.385 e. The number of halogens is 1. The molecule has 1 N–H and O–H groups in total. The molecular formula is C14H15BrOS. The van der Waals surface area contributed by atoms with Crippen LogP contribution in [0.4, 0.5) is 0 Å². The fourth-order valence-electron chi connectivity index (χ4n) is 1.91. The molecule has 1 aromatic heterocycles. The molecule has 0 fully saturated rings. The molecule has 90 valence electrons. The van der Waals surface area contributed by atoms with Crippen molar-refractivity contribution in [3.63, 3.8) is 0 Å². The SMILES string of the molecule is CCC(O)(Cc1ccc(Br)s1)c1ccccc1. The van der Waals surface area contributed by atoms with Gasteiger partial charge in [-0.05, 0) is 40.0 Å². The van der Waals surface area contributed by atoms with Crippen molar-refractivity contribution in [3.05, 3.63) is 56.7 Å². The van der Waals surface area contributed by atoms with E-state index in [0.29, 0.717) is 12.8 Å². The summed E-state index contributed by atoms with van der Waals surface area (Å²) in [6.45, 7) is 2.02. The smallest absolute Gasteiger partial charge is 0.0941 e. The van der Waals surface area contributed by atoms with Crippen LogP contribution in [-0.2, 0) is 12.0 Å². The highest BCUT2D eigenvalue weighted by Gasteiger charge is 2.27. The number of hydrogen-bond acceptors (Lipinski definition) is 2. The summed E-state index contributed by atoms with van der Waals surface area (Å²) in [6, 6.07) is 14.0. The van der Waals surface area contributed by atoms with E-state index in [0.717, 1.165) is 9.35 Å². The second-order valence-electron chi connectivity index (χ2n) is 4.13. The molecule has 0 aliphatic heterocycles. The van der Waals surface area contributed by atoms with Crippen molar-refractivity contribution in [3.8, 4) is 0 Å². The van der Waals surface area contributed by atoms with Gasteiger partial charge in [-0.15, -0.1) is 11.3 Å². The highest BCUT2D eigenvalue weighted by molar-refractivity contribution is 9.11. The van der Waals surface area contributed by atoms with Crippen LogP contribution in [0.15, 0.2) is 46.3 Å². The summed E-state index contributed by atoms with van der Waals surface area (Å²) in [5.41, 5.74) is 0.234. The second kappa shape index (κ2) is 5.34. The number of aliphatic hydroxyl groups is 1. The topological polar surface area (TPSA) is 20.2 Å². The van der Waals surface area contributed by atoms with Gasteiger partial charge < -0.3 is 5.11 Å². The molecule has 0 amide bonds. The van der Waals surface area contributed by atoms with Crippen LogP contribution in [0.5, 0.6) is 0 Å². The quantitative estimate of drug-likeness (QED) is 0.890. The molecule has 0 radical (unpaired) electrons. The minimum Gasteiger partial charge on any atom is -0.385 e. The van der Waals surface area contributed by atoms with Crippen molar-refractivity contribution in [2.45, 2.75) is 25.4 Å². The minimum atomic E-state index is -0.758. The lowest BCUT2D eigenvalue weighted by molar-refractivity contribution is 0.0335. The minimum absolute atomic E-state index is 0.670. The summed E-state index contributed by atoms with van der Waals surface area (Å²) >= 11 is 5.14. The Labute approximate surface area is 114 Å². The first-order valence-electron chi connectivity index (χ1n) is 5.66. The van der Waals surface area contributed by atoms with Crippen LogP contribution in [0.2, 0.25) is 0 Å². The van der Waals surface area contributed by atoms with E-state index in [4.69, 9.17) is 0 Å². The Morgan fingerprint density at radius 3 is 2.41 bits per heavy atom. The molecule has 1 aromatic carbocycles. The van der Waals surface area contributed by atoms with E-state index in [-0.39, 0.29) is 0 Å². The van der Waals surface area contributed by atoms with Gasteiger partial charge in [0, 0.05) is 11.3 Å². The molecule has 3 heteroatoms. The molecule has 0 bridgehead atoms. The van der Waals surface area contributed by atoms with Gasteiger partial charge in [-0.3, -0.25) is 0 Å². The Balaban J connectivity index is 2.26. The van der Waals surface area contributed by atoms with Gasteiger partial charge in [0.25, 0.3) is 0 Å². The lowest BCUT2D eigenvalue weighted by Gasteiger charge is -2.26. The van der Waals surface area contributed by atoms with Gasteiger partial charge >= 0.3 is 0 Å². The molecule has 0 spiro atoms. The van der Waals surface area contributed by atoms with Gasteiger partial charge in [-0.25, -0.2) is 0 Å². The average Bonchev–Trinajstić information content (AvgIpc) is 2.75. The Bertz CT molecular complexity index is 480. The van der Waals surface area contributed by atoms with Crippen LogP contribution in [0.3, 0.4) is 0 Å². The molecule has 2 rings (SSSR count). The predicted octanol–water partition coefficient (Wildman–Crippen LogP) is 4.35. The number of thiophene rings is 1. The molecule has 0 aliphatic rings. The number of hydrogen-bond donors (Lipinski definition) is 1. The van der Waals surface area contributed by atoms with Crippen molar-refractivity contribution < 1.29 is 5.11 Å². The molecular weight excluding hydrogens is 296 g/mol. The number of benzene rings is 1. The monoisotopic (exact) mass is 310 g/mol. The Morgan fingerprint density at radius 1 is 1.18 bits per heavy atom. The summed E-state index contributed by atoms with van der Waals surface area (Å²) in [5, 5.41) is 10.7. The van der Waals surface area contributed by atoms with Gasteiger partial charge in [-0.1, -0.05) is 37.3 Å². The van der Waals surface area contributed by atoms with Gasteiger partial charge in [0.15, 0.2) is 0 Å². The Kier molecular flexibility index (Phi) is 4.02. The third kappa shape index (κ3) is 2.97. The van der Waals surface area contributed by atoms with Gasteiger partial charge in [-0.2, -0.15) is 0 Å². The zero-order valence-corrected chi connectivity index (χ0v) is 12.1. The summed E-state index contributed by atoms with van der Waals surface area (Å²) in [5.74, 6) is 0. The van der Waals surface area contributed by atoms with E-state index in [1.165, 1.54) is 4.88 Å². The average molecular weight is 311 g/mol. The van der Waals surface area contributed by atoms with Crippen molar-refractivity contribution in [2.24, 2.45) is 0 Å². The molecule has 1 heterocycles. The third-order valence-electron chi connectivity index (χ3n) is 2.99. The van der Waals surface area contributed by atoms with Crippen LogP contribution in [0.1, 0.15) is 23.8 Å². The fraction of sp³-hybridized carbons (Fsp3) is 0.286. The van der Waals surface area contributed by atoms with Crippen LogP contribution >= 0.6 is 27.3 Å². The zero-order valence-electron chi connectivity index (χ0n) is 9.69. The van der Waals surface area contributed by atoms with Gasteiger partial charge in [0.05, 0.1) is 9.39 Å². The highest BCUT2D eigenvalue weighted by atomic mass is 79.9. The molecule has 0 saturated carbocycles. The van der Waals surface area contributed by atoms with Crippen molar-refractivity contribution in [2.75, 3.05) is 0 Å². The molecule has 1 atom stereocenters. The molecule has 1 unspecified atom stereocenters. The van der Waals surface area contributed by atoms with Crippen molar-refractivity contribution in [1.82, 2.24) is 0 Å². The predicted molar refractivity (Wildman–Crippen MR) is 76.4 cm³/mol. The summed E-state index contributed by atoms with van der Waals surface area (Å²) < 4.78 is 1.11. The van der Waals surface area contributed by atoms with E-state index in [1.54, 1.807) is 11.3 Å². The van der Waals surface area contributed by atoms with Crippen molar-refractivity contribution in [1.29, 1.82) is 0 Å². The van der Waals surface area contributed by atoms with Crippen LogP contribution in [0.25, 0.3) is 0 Å². The molecule has 1 nitrogen and oxygen atoms in total. The van der Waals surface area contributed by atoms with Crippen molar-refractivity contribution >= 4 is 27.3 Å². The fourth-order valence-corrected chi connectivity index (χ4v) is 3.50. The molecule has 2 aromatic rings. The van der Waals surface area contributed by atoms with Crippen LogP contribution in [-0.4, -0.2) is 5.11 Å². The molecule has 0 saturated heterocycles. The van der Waals surface area contributed by atoms with Gasteiger partial charge in [0.2, 0.25) is 0 Å². The van der Waals surface area contributed by atoms with E-state index in [2.05, 4.69) is 22.0 Å². The lowest BCUT2D eigenvalue weighted by Crippen LogP contribution is -2.27. The Hall–Kier alpha value is -0.640. The first-order valence-corrected chi connectivity index (χ1v) is 7.27. The van der Waals surface area contributed by atoms with Crippen LogP contribution < -0.4 is 0 Å². The normalized spacial score (nSPS) is 14.5. The second-order valence-corrected chi connectivity index (χ2v) is 6.68. The maximum Gasteiger partial charge on any atom is 0.0941 e. The van der Waals surface area contributed by atoms with E-state index < -0.39 is 5.60 Å². The van der Waals surface area contributed by atoms with Gasteiger partial charge in [0.1, 0.15) is 0 Å². The molecule has 17 heavy (non-hydrogen) atoms. The maximum atomic E-state index is 10.7. The van der Waals surface area contributed by atoms with E-state index in [1.807, 2.05) is 43.3 Å². The summed E-state index contributed by atoms with van der Waals surface area (Å²) in [4.78, 5) is 1.20. The third-order valence-corrected chi connectivity index (χ3v) is 4.62. The lowest BCUT2D eigenvalue weighted by atomic mass is 9.87. The van der Waals surface area contributed by atoms with E-state index >= 15 is 0 Å². The first kappa shape index (κ1) is 12.8. The molecule has 0 aliphatic carbocycles. The zero-order chi connectivity index (χ0) is 12.3. The van der Waals surface area contributed by atoms with E-state index in [9.17, 15) is 5.11 Å².